The van der Waals surface area contributed by atoms with Crippen molar-refractivity contribution in [3.05, 3.63) is 23.9 Å². The first-order valence-electron chi connectivity index (χ1n) is 6.54. The lowest BCUT2D eigenvalue weighted by molar-refractivity contribution is 0.186. The Labute approximate surface area is 119 Å². The largest absolute Gasteiger partial charge is 0.481 e. The molecule has 1 heterocycles. The maximum absolute atomic E-state index is 5.32. The highest BCUT2D eigenvalue weighted by atomic mass is 79.9. The lowest BCUT2D eigenvalue weighted by atomic mass is 10.1. The van der Waals surface area contributed by atoms with E-state index in [1.165, 1.54) is 12.8 Å². The van der Waals surface area contributed by atoms with Crippen LogP contribution < -0.4 is 4.74 Å². The van der Waals surface area contributed by atoms with Gasteiger partial charge in [0.2, 0.25) is 5.88 Å². The summed E-state index contributed by atoms with van der Waals surface area (Å²) in [5.41, 5.74) is 1.16. The van der Waals surface area contributed by atoms with Crippen LogP contribution in [0.2, 0.25) is 0 Å². The second kappa shape index (κ2) is 8.48. The number of hydrogen-bond donors (Lipinski definition) is 0. The standard InChI is InChI=1S/C14H23BrN2O/c1-4-13(5-2)17(10-8-15)11-12-7-6-9-16-14(12)18-3/h6-7,9,13H,4-5,8,10-11H2,1-3H3. The van der Waals surface area contributed by atoms with Gasteiger partial charge in [-0.2, -0.15) is 0 Å². The van der Waals surface area contributed by atoms with E-state index in [1.54, 1.807) is 13.3 Å². The second-order valence-corrected chi connectivity index (χ2v) is 5.09. The van der Waals surface area contributed by atoms with Gasteiger partial charge in [0, 0.05) is 36.2 Å². The second-order valence-electron chi connectivity index (χ2n) is 4.30. The zero-order chi connectivity index (χ0) is 13.4. The normalized spacial score (nSPS) is 11.2. The molecule has 18 heavy (non-hydrogen) atoms. The van der Waals surface area contributed by atoms with Crippen LogP contribution in [0.15, 0.2) is 18.3 Å². The predicted octanol–water partition coefficient (Wildman–Crippen LogP) is 3.48. The molecule has 0 atom stereocenters. The minimum Gasteiger partial charge on any atom is -0.481 e. The average Bonchev–Trinajstić information content (AvgIpc) is 2.41. The number of aromatic nitrogens is 1. The predicted molar refractivity (Wildman–Crippen MR) is 79.4 cm³/mol. The maximum Gasteiger partial charge on any atom is 0.217 e. The highest BCUT2D eigenvalue weighted by molar-refractivity contribution is 9.09. The van der Waals surface area contributed by atoms with Crippen molar-refractivity contribution in [1.82, 2.24) is 9.88 Å². The average molecular weight is 315 g/mol. The van der Waals surface area contributed by atoms with Crippen molar-refractivity contribution < 1.29 is 4.74 Å². The minimum atomic E-state index is 0.618. The molecule has 0 saturated heterocycles. The van der Waals surface area contributed by atoms with Crippen molar-refractivity contribution in [2.45, 2.75) is 39.3 Å². The lowest BCUT2D eigenvalue weighted by Crippen LogP contribution is -2.35. The highest BCUT2D eigenvalue weighted by Gasteiger charge is 2.16. The summed E-state index contributed by atoms with van der Waals surface area (Å²) in [6.45, 7) is 6.44. The molecule has 1 rings (SSSR count). The number of methoxy groups -OCH3 is 1. The van der Waals surface area contributed by atoms with E-state index in [2.05, 4.69) is 45.7 Å². The van der Waals surface area contributed by atoms with Crippen LogP contribution in [0.4, 0.5) is 0 Å². The molecular formula is C14H23BrN2O. The fourth-order valence-corrected chi connectivity index (χ4v) is 2.71. The zero-order valence-electron chi connectivity index (χ0n) is 11.5. The molecule has 0 aromatic carbocycles. The van der Waals surface area contributed by atoms with E-state index in [9.17, 15) is 0 Å². The van der Waals surface area contributed by atoms with Crippen LogP contribution in [0.25, 0.3) is 0 Å². The first-order chi connectivity index (χ1) is 8.76. The number of halogens is 1. The van der Waals surface area contributed by atoms with Gasteiger partial charge < -0.3 is 4.74 Å². The smallest absolute Gasteiger partial charge is 0.217 e. The van der Waals surface area contributed by atoms with Crippen molar-refractivity contribution in [3.8, 4) is 5.88 Å². The van der Waals surface area contributed by atoms with Crippen LogP contribution in [-0.2, 0) is 6.54 Å². The molecule has 0 unspecified atom stereocenters. The first kappa shape index (κ1) is 15.4. The van der Waals surface area contributed by atoms with E-state index in [4.69, 9.17) is 4.74 Å². The van der Waals surface area contributed by atoms with Crippen LogP contribution in [0.5, 0.6) is 5.88 Å². The molecule has 3 nitrogen and oxygen atoms in total. The van der Waals surface area contributed by atoms with E-state index < -0.39 is 0 Å². The van der Waals surface area contributed by atoms with Gasteiger partial charge >= 0.3 is 0 Å². The molecule has 1 aromatic rings. The Hall–Kier alpha value is -0.610. The van der Waals surface area contributed by atoms with Gasteiger partial charge in [-0.05, 0) is 18.9 Å². The van der Waals surface area contributed by atoms with Crippen LogP contribution in [-0.4, -0.2) is 34.9 Å². The van der Waals surface area contributed by atoms with Crippen molar-refractivity contribution in [3.63, 3.8) is 0 Å². The molecule has 0 saturated carbocycles. The third-order valence-corrected chi connectivity index (χ3v) is 3.60. The fourth-order valence-electron chi connectivity index (χ4n) is 2.25. The van der Waals surface area contributed by atoms with Crippen LogP contribution in [0.1, 0.15) is 32.3 Å². The number of ether oxygens (including phenoxy) is 1. The molecular weight excluding hydrogens is 292 g/mol. The Morgan fingerprint density at radius 2 is 2.11 bits per heavy atom. The molecule has 0 amide bonds. The van der Waals surface area contributed by atoms with Gasteiger partial charge in [-0.25, -0.2) is 4.98 Å². The van der Waals surface area contributed by atoms with Crippen LogP contribution in [0, 0.1) is 0 Å². The molecule has 0 fully saturated rings. The third kappa shape index (κ3) is 4.25. The van der Waals surface area contributed by atoms with Gasteiger partial charge in [-0.15, -0.1) is 0 Å². The summed E-state index contributed by atoms with van der Waals surface area (Å²) in [5, 5.41) is 0.992. The van der Waals surface area contributed by atoms with Gasteiger partial charge in [-0.3, -0.25) is 4.90 Å². The molecule has 1 aromatic heterocycles. The molecule has 0 radical (unpaired) electrons. The minimum absolute atomic E-state index is 0.618. The van der Waals surface area contributed by atoms with Crippen molar-refractivity contribution >= 4 is 15.9 Å². The monoisotopic (exact) mass is 314 g/mol. The molecule has 0 aliphatic carbocycles. The molecule has 0 spiro atoms. The van der Waals surface area contributed by atoms with E-state index in [1.807, 2.05) is 6.07 Å². The molecule has 0 N–H and O–H groups in total. The number of nitrogens with zero attached hydrogens (tertiary/aromatic N) is 2. The first-order valence-corrected chi connectivity index (χ1v) is 7.66. The van der Waals surface area contributed by atoms with Gasteiger partial charge in [0.15, 0.2) is 0 Å². The van der Waals surface area contributed by atoms with Crippen molar-refractivity contribution in [1.29, 1.82) is 0 Å². The van der Waals surface area contributed by atoms with Gasteiger partial charge in [0.1, 0.15) is 0 Å². The summed E-state index contributed by atoms with van der Waals surface area (Å²) in [6, 6.07) is 4.68. The Bertz CT molecular complexity index is 342. The van der Waals surface area contributed by atoms with Gasteiger partial charge in [0.05, 0.1) is 7.11 Å². The number of pyridine rings is 1. The summed E-state index contributed by atoms with van der Waals surface area (Å²) >= 11 is 3.54. The molecule has 102 valence electrons. The number of alkyl halides is 1. The van der Waals surface area contributed by atoms with Crippen LogP contribution in [0.3, 0.4) is 0 Å². The zero-order valence-corrected chi connectivity index (χ0v) is 13.1. The lowest BCUT2D eigenvalue weighted by Gasteiger charge is -2.30. The summed E-state index contributed by atoms with van der Waals surface area (Å²) in [5.74, 6) is 0.739. The van der Waals surface area contributed by atoms with E-state index in [0.717, 1.165) is 29.9 Å². The quantitative estimate of drug-likeness (QED) is 0.687. The molecule has 0 bridgehead atoms. The van der Waals surface area contributed by atoms with Crippen molar-refractivity contribution in [2.24, 2.45) is 0 Å². The molecule has 0 aliphatic heterocycles. The van der Waals surface area contributed by atoms with Crippen LogP contribution >= 0.6 is 15.9 Å². The van der Waals surface area contributed by atoms with E-state index >= 15 is 0 Å². The fraction of sp³-hybridized carbons (Fsp3) is 0.643. The summed E-state index contributed by atoms with van der Waals surface area (Å²) in [7, 11) is 1.68. The van der Waals surface area contributed by atoms with Gasteiger partial charge in [0.25, 0.3) is 0 Å². The molecule has 4 heteroatoms. The van der Waals surface area contributed by atoms with E-state index in [0.29, 0.717) is 6.04 Å². The summed E-state index contributed by atoms with van der Waals surface area (Å²) in [6.07, 6.45) is 4.12. The highest BCUT2D eigenvalue weighted by Crippen LogP contribution is 2.19. The number of rotatable bonds is 8. The van der Waals surface area contributed by atoms with E-state index in [-0.39, 0.29) is 0 Å². The van der Waals surface area contributed by atoms with Gasteiger partial charge in [-0.1, -0.05) is 35.8 Å². The maximum atomic E-state index is 5.32. The summed E-state index contributed by atoms with van der Waals surface area (Å²) < 4.78 is 5.32. The Balaban J connectivity index is 2.81. The van der Waals surface area contributed by atoms with Crippen molar-refractivity contribution in [2.75, 3.05) is 19.0 Å². The third-order valence-electron chi connectivity index (χ3n) is 3.25. The Kier molecular flexibility index (Phi) is 7.28. The topological polar surface area (TPSA) is 25.4 Å². The Morgan fingerprint density at radius 1 is 1.39 bits per heavy atom. The summed E-state index contributed by atoms with van der Waals surface area (Å²) in [4.78, 5) is 6.76. The molecule has 0 aliphatic rings. The Morgan fingerprint density at radius 3 is 2.67 bits per heavy atom. The number of hydrogen-bond acceptors (Lipinski definition) is 3. The SMILES string of the molecule is CCC(CC)N(CCBr)Cc1cccnc1OC.